The van der Waals surface area contributed by atoms with Gasteiger partial charge in [0.1, 0.15) is 17.6 Å². The van der Waals surface area contributed by atoms with Gasteiger partial charge in [-0.2, -0.15) is 13.2 Å². The second-order valence-corrected chi connectivity index (χ2v) is 12.4. The van der Waals surface area contributed by atoms with E-state index in [1.54, 1.807) is 24.3 Å². The number of carboxylic acid groups (broad SMARTS) is 1. The van der Waals surface area contributed by atoms with Crippen LogP contribution in [0.5, 0.6) is 0 Å². The topological polar surface area (TPSA) is 115 Å². The molecule has 4 N–H and O–H groups in total. The molecular weight excluding hydrogens is 677 g/mol. The van der Waals surface area contributed by atoms with Gasteiger partial charge in [-0.3, -0.25) is 9.59 Å². The molecule has 0 aromatic heterocycles. The number of rotatable bonds is 9. The van der Waals surface area contributed by atoms with Crippen molar-refractivity contribution in [3.8, 4) is 0 Å². The minimum Gasteiger partial charge on any atom is -0.542 e. The summed E-state index contributed by atoms with van der Waals surface area (Å²) in [4.78, 5) is 35.2. The molecule has 3 atom stereocenters. The average Bonchev–Trinajstić information content (AvgIpc) is 3.85. The largest absolute Gasteiger partial charge is 0.542 e. The molecular formula is C33H33BrF5N3O4. The summed E-state index contributed by atoms with van der Waals surface area (Å²) in [5.74, 6) is -4.23. The predicted octanol–water partition coefficient (Wildman–Crippen LogP) is 4.03. The lowest BCUT2D eigenvalue weighted by atomic mass is 9.73. The molecule has 3 aromatic rings. The molecule has 46 heavy (non-hydrogen) atoms. The number of carboxylic acids is 1. The molecule has 5 rings (SSSR count). The van der Waals surface area contributed by atoms with Gasteiger partial charge in [-0.1, -0.05) is 52.3 Å². The Hall–Kier alpha value is -3.84. The van der Waals surface area contributed by atoms with E-state index in [2.05, 4.69) is 31.9 Å². The number of carbonyl (C=O) groups excluding carboxylic acids is 3. The van der Waals surface area contributed by atoms with Gasteiger partial charge < -0.3 is 25.9 Å². The number of aliphatic carboxylic acids is 1. The Morgan fingerprint density at radius 2 is 1.37 bits per heavy atom. The number of halogens is 6. The lowest BCUT2D eigenvalue weighted by Gasteiger charge is -2.37. The number of hydrogen-bond acceptors (Lipinski definition) is 4. The maximum absolute atomic E-state index is 13.9. The molecule has 3 aromatic carbocycles. The molecule has 0 unspecified atom stereocenters. The van der Waals surface area contributed by atoms with Crippen molar-refractivity contribution in [1.82, 2.24) is 10.6 Å². The van der Waals surface area contributed by atoms with Crippen molar-refractivity contribution in [2.45, 2.75) is 62.3 Å². The Morgan fingerprint density at radius 3 is 1.85 bits per heavy atom. The zero-order valence-corrected chi connectivity index (χ0v) is 26.1. The van der Waals surface area contributed by atoms with Crippen LogP contribution in [-0.4, -0.2) is 42.6 Å². The van der Waals surface area contributed by atoms with Crippen LogP contribution >= 0.6 is 15.9 Å². The van der Waals surface area contributed by atoms with Crippen molar-refractivity contribution >= 4 is 33.7 Å². The van der Waals surface area contributed by atoms with Crippen molar-refractivity contribution in [2.24, 2.45) is 5.92 Å². The summed E-state index contributed by atoms with van der Waals surface area (Å²) >= 11 is 3.49. The Morgan fingerprint density at radius 1 is 0.848 bits per heavy atom. The maximum Gasteiger partial charge on any atom is 0.430 e. The molecule has 0 heterocycles. The highest BCUT2D eigenvalue weighted by atomic mass is 79.9. The number of quaternary nitrogens is 1. The number of benzene rings is 3. The van der Waals surface area contributed by atoms with Gasteiger partial charge in [0.15, 0.2) is 6.54 Å². The van der Waals surface area contributed by atoms with Crippen LogP contribution in [-0.2, 0) is 14.4 Å². The van der Waals surface area contributed by atoms with Crippen LogP contribution in [0, 0.1) is 17.6 Å². The number of nitrogens with two attached hydrogens (primary N) is 1. The summed E-state index contributed by atoms with van der Waals surface area (Å²) in [6, 6.07) is 20.0. The Kier molecular flexibility index (Phi) is 11.9. The highest BCUT2D eigenvalue weighted by Crippen LogP contribution is 2.39. The summed E-state index contributed by atoms with van der Waals surface area (Å²) in [6.07, 6.45) is -0.861. The van der Waals surface area contributed by atoms with E-state index in [1.807, 2.05) is 24.3 Å². The van der Waals surface area contributed by atoms with Gasteiger partial charge in [-0.15, -0.1) is 0 Å². The van der Waals surface area contributed by atoms with Crippen LogP contribution in [0.25, 0.3) is 0 Å². The van der Waals surface area contributed by atoms with Gasteiger partial charge in [-0.25, -0.2) is 8.78 Å². The average molecular weight is 711 g/mol. The Labute approximate surface area is 271 Å². The smallest absolute Gasteiger partial charge is 0.430 e. The highest BCUT2D eigenvalue weighted by Gasteiger charge is 2.38. The second kappa shape index (κ2) is 15.6. The van der Waals surface area contributed by atoms with Gasteiger partial charge in [-0.05, 0) is 78.3 Å². The third kappa shape index (κ3) is 10.3. The number of carbonyl (C=O) groups is 3. The fraction of sp³-hybridized carbons (Fsp3) is 0.364. The van der Waals surface area contributed by atoms with Crippen LogP contribution in [0.4, 0.5) is 22.0 Å². The Bertz CT molecular complexity index is 1440. The monoisotopic (exact) mass is 709 g/mol. The molecule has 0 bridgehead atoms. The van der Waals surface area contributed by atoms with E-state index in [-0.39, 0.29) is 41.3 Å². The summed E-state index contributed by atoms with van der Waals surface area (Å²) in [7, 11) is 0. The van der Waals surface area contributed by atoms with Crippen molar-refractivity contribution in [1.29, 1.82) is 0 Å². The van der Waals surface area contributed by atoms with Crippen molar-refractivity contribution in [3.05, 3.63) is 106 Å². The summed E-state index contributed by atoms with van der Waals surface area (Å²) in [6.45, 7) is 0.436. The molecule has 7 nitrogen and oxygen atoms in total. The fourth-order valence-corrected chi connectivity index (χ4v) is 5.77. The summed E-state index contributed by atoms with van der Waals surface area (Å²) in [5.41, 5.74) is 2.47. The molecule has 0 radical (unpaired) electrons. The zero-order valence-electron chi connectivity index (χ0n) is 24.5. The Balaban J connectivity index is 0.000000617. The van der Waals surface area contributed by atoms with Crippen LogP contribution < -0.4 is 21.1 Å². The first kappa shape index (κ1) is 35.0. The molecule has 0 aliphatic heterocycles. The molecule has 0 saturated heterocycles. The predicted molar refractivity (Wildman–Crippen MR) is 160 cm³/mol. The minimum atomic E-state index is -5.19. The molecule has 2 aliphatic carbocycles. The molecule has 2 saturated carbocycles. The molecule has 2 fully saturated rings. The van der Waals surface area contributed by atoms with E-state index in [9.17, 15) is 31.5 Å². The van der Waals surface area contributed by atoms with Gasteiger partial charge >= 0.3 is 6.18 Å². The fourth-order valence-electron chi connectivity index (χ4n) is 5.50. The second-order valence-electron chi connectivity index (χ2n) is 11.4. The van der Waals surface area contributed by atoms with Gasteiger partial charge in [0.05, 0.1) is 12.1 Å². The van der Waals surface area contributed by atoms with Crippen LogP contribution in [0.1, 0.15) is 60.8 Å². The zero-order chi connectivity index (χ0) is 33.4. The van der Waals surface area contributed by atoms with E-state index in [4.69, 9.17) is 9.90 Å². The highest BCUT2D eigenvalue weighted by molar-refractivity contribution is 9.10. The lowest BCUT2D eigenvalue weighted by molar-refractivity contribution is -0.657. The normalized spacial score (nSPS) is 19.5. The van der Waals surface area contributed by atoms with E-state index >= 15 is 0 Å². The van der Waals surface area contributed by atoms with Crippen LogP contribution in [0.15, 0.2) is 77.3 Å². The lowest BCUT2D eigenvalue weighted by Crippen LogP contribution is -2.88. The first-order valence-corrected chi connectivity index (χ1v) is 15.6. The summed E-state index contributed by atoms with van der Waals surface area (Å²) < 4.78 is 59.8. The van der Waals surface area contributed by atoms with E-state index in [0.717, 1.165) is 10.0 Å². The third-order valence-corrected chi connectivity index (χ3v) is 8.56. The number of alkyl halides is 3. The van der Waals surface area contributed by atoms with Crippen LogP contribution in [0.2, 0.25) is 0 Å². The quantitative estimate of drug-likeness (QED) is 0.291. The number of amides is 2. The van der Waals surface area contributed by atoms with Crippen molar-refractivity contribution in [2.75, 3.05) is 6.54 Å². The van der Waals surface area contributed by atoms with E-state index < -0.39 is 18.2 Å². The molecule has 0 spiro atoms. The maximum atomic E-state index is 13.9. The number of nitrogens with one attached hydrogen (secondary N) is 2. The number of hydrogen-bond donors (Lipinski definition) is 3. The SMILES string of the molecule is O=C(C[NH2+]C1CC1)N[C@@H]1CC[C@@H](C(=O)NC(c2ccc(F)cc2)c2ccc(F)cc2)[C@H](c2ccc(Br)cc2)C1.O=C([O-])C(F)(F)F. The molecule has 246 valence electrons. The van der Waals surface area contributed by atoms with Crippen molar-refractivity contribution < 1.29 is 46.8 Å². The first-order chi connectivity index (χ1) is 21.8. The molecule has 13 heteroatoms. The van der Waals surface area contributed by atoms with E-state index in [1.165, 1.54) is 37.1 Å². The minimum absolute atomic E-state index is 0.00667. The molecule has 2 amide bonds. The van der Waals surface area contributed by atoms with Gasteiger partial charge in [0.25, 0.3) is 5.91 Å². The first-order valence-electron chi connectivity index (χ1n) is 14.8. The van der Waals surface area contributed by atoms with Crippen LogP contribution in [0.3, 0.4) is 0 Å². The molecule has 2 aliphatic rings. The van der Waals surface area contributed by atoms with Crippen molar-refractivity contribution in [3.63, 3.8) is 0 Å². The van der Waals surface area contributed by atoms with Gasteiger partial charge in [0.2, 0.25) is 5.91 Å². The summed E-state index contributed by atoms with van der Waals surface area (Å²) in [5, 5.41) is 17.3. The van der Waals surface area contributed by atoms with Gasteiger partial charge in [0, 0.05) is 29.3 Å². The standard InChI is InChI=1S/C31H32BrF2N3O2.C2HF3O2/c32-22-7-1-19(2-8-22)28-17-26(36-29(38)18-35-25-13-14-25)15-16-27(28)31(39)37-30(20-3-9-23(33)10-4-20)21-5-11-24(34)12-6-21;3-2(4,5)1(6)7/h1-12,25-28,30,35H,13-18H2,(H,36,38)(H,37,39);(H,6,7)/t26-,27-,28+;/m1./s1. The van der Waals surface area contributed by atoms with E-state index in [0.29, 0.717) is 43.0 Å². The third-order valence-electron chi connectivity index (χ3n) is 8.03.